The van der Waals surface area contributed by atoms with Gasteiger partial charge in [0.25, 0.3) is 0 Å². The summed E-state index contributed by atoms with van der Waals surface area (Å²) in [5, 5.41) is 0. The Kier molecular flexibility index (Phi) is 4.26. The van der Waals surface area contributed by atoms with Gasteiger partial charge in [0.1, 0.15) is 28.9 Å². The number of ether oxygens (including phenoxy) is 4. The van der Waals surface area contributed by atoms with Gasteiger partial charge in [-0.25, -0.2) is 14.8 Å². The van der Waals surface area contributed by atoms with Crippen LogP contribution in [0.4, 0.5) is 0 Å². The van der Waals surface area contributed by atoms with Gasteiger partial charge >= 0.3 is 5.97 Å². The molecule has 29 heavy (non-hydrogen) atoms. The average molecular weight is 395 g/mol. The summed E-state index contributed by atoms with van der Waals surface area (Å²) in [7, 11) is 0. The monoisotopic (exact) mass is 395 g/mol. The molecule has 0 spiro atoms. The number of fused-ring (bicyclic) bond motifs is 2. The van der Waals surface area contributed by atoms with Gasteiger partial charge in [-0.05, 0) is 44.7 Å². The Morgan fingerprint density at radius 3 is 2.93 bits per heavy atom. The number of carbonyl (C=O) groups excluding carboxylic acids is 1. The second kappa shape index (κ2) is 6.95. The van der Waals surface area contributed by atoms with Crippen LogP contribution in [0.5, 0.6) is 17.2 Å². The Morgan fingerprint density at radius 1 is 1.28 bits per heavy atom. The van der Waals surface area contributed by atoms with Crippen LogP contribution in [0, 0.1) is 12.8 Å². The van der Waals surface area contributed by atoms with E-state index >= 15 is 0 Å². The summed E-state index contributed by atoms with van der Waals surface area (Å²) in [6, 6.07) is 3.72. The summed E-state index contributed by atoms with van der Waals surface area (Å²) in [5.41, 5.74) is 3.52. The summed E-state index contributed by atoms with van der Waals surface area (Å²) in [5.74, 6) is 2.08. The molecule has 0 bridgehead atoms. The molecule has 1 N–H and O–H groups in total. The lowest BCUT2D eigenvalue weighted by Gasteiger charge is -2.13. The summed E-state index contributed by atoms with van der Waals surface area (Å²) in [4.78, 5) is 24.6. The van der Waals surface area contributed by atoms with Crippen molar-refractivity contribution in [3.63, 3.8) is 0 Å². The first-order valence-corrected chi connectivity index (χ1v) is 9.73. The standard InChI is InChI=1S/C21H21N3O5/c1-3-26-21(25)15-11(2)24-19-17(15)22-9-23-18(19)16-13(27-8-12-4-5-12)6-7-14-20(16)29-10-28-14/h6-7,9,12,24H,3-5,8,10H2,1-2H3. The van der Waals surface area contributed by atoms with Gasteiger partial charge in [0.15, 0.2) is 11.5 Å². The molecule has 1 aliphatic heterocycles. The van der Waals surface area contributed by atoms with Crippen LogP contribution in [-0.4, -0.2) is 40.9 Å². The van der Waals surface area contributed by atoms with Crippen LogP contribution in [0.3, 0.4) is 0 Å². The molecule has 8 nitrogen and oxygen atoms in total. The molecule has 0 amide bonds. The molecule has 3 aromatic rings. The number of nitrogens with zero attached hydrogens (tertiary/aromatic N) is 2. The smallest absolute Gasteiger partial charge is 0.342 e. The zero-order valence-electron chi connectivity index (χ0n) is 16.3. The summed E-state index contributed by atoms with van der Waals surface area (Å²) >= 11 is 0. The van der Waals surface area contributed by atoms with Crippen LogP contribution in [0.15, 0.2) is 18.5 Å². The fraction of sp³-hybridized carbons (Fsp3) is 0.381. The highest BCUT2D eigenvalue weighted by molar-refractivity contribution is 6.07. The Bertz CT molecular complexity index is 1100. The zero-order valence-corrected chi connectivity index (χ0v) is 16.3. The Balaban J connectivity index is 1.68. The highest BCUT2D eigenvalue weighted by Crippen LogP contribution is 2.48. The molecular weight excluding hydrogens is 374 g/mol. The lowest BCUT2D eigenvalue weighted by Crippen LogP contribution is -2.06. The minimum Gasteiger partial charge on any atom is -0.492 e. The van der Waals surface area contributed by atoms with E-state index in [1.54, 1.807) is 6.92 Å². The maximum Gasteiger partial charge on any atom is 0.342 e. The minimum absolute atomic E-state index is 0.139. The number of aromatic nitrogens is 3. The van der Waals surface area contributed by atoms with Crippen molar-refractivity contribution in [2.24, 2.45) is 5.92 Å². The number of aryl methyl sites for hydroxylation is 1. The lowest BCUT2D eigenvalue weighted by molar-refractivity contribution is 0.0527. The van der Waals surface area contributed by atoms with Crippen molar-refractivity contribution in [3.05, 3.63) is 29.7 Å². The topological polar surface area (TPSA) is 95.6 Å². The SMILES string of the molecule is CCOC(=O)c1c(C)[nH]c2c(-c3c(OCC4CC4)ccc4c3OCO4)ncnc12. The third-order valence-electron chi connectivity index (χ3n) is 5.16. The molecule has 1 saturated carbocycles. The van der Waals surface area contributed by atoms with Gasteiger partial charge in [0, 0.05) is 5.69 Å². The van der Waals surface area contributed by atoms with E-state index in [1.165, 1.54) is 19.2 Å². The van der Waals surface area contributed by atoms with Gasteiger partial charge in [0.05, 0.1) is 24.3 Å². The van der Waals surface area contributed by atoms with Crippen molar-refractivity contribution in [3.8, 4) is 28.5 Å². The van der Waals surface area contributed by atoms with Crippen LogP contribution >= 0.6 is 0 Å². The number of esters is 1. The van der Waals surface area contributed by atoms with E-state index in [0.29, 0.717) is 69.9 Å². The Morgan fingerprint density at radius 2 is 2.14 bits per heavy atom. The molecule has 3 heterocycles. The normalized spacial score (nSPS) is 15.0. The third kappa shape index (κ3) is 3.04. The maximum absolute atomic E-state index is 12.5. The van der Waals surface area contributed by atoms with E-state index in [1.807, 2.05) is 19.1 Å². The van der Waals surface area contributed by atoms with Crippen molar-refractivity contribution in [2.45, 2.75) is 26.7 Å². The van der Waals surface area contributed by atoms with Crippen LogP contribution in [0.1, 0.15) is 35.8 Å². The molecule has 5 rings (SSSR count). The van der Waals surface area contributed by atoms with Crippen LogP contribution < -0.4 is 14.2 Å². The van der Waals surface area contributed by atoms with Crippen molar-refractivity contribution in [1.29, 1.82) is 0 Å². The highest BCUT2D eigenvalue weighted by Gasteiger charge is 2.29. The molecule has 0 atom stereocenters. The Hall–Kier alpha value is -3.29. The fourth-order valence-electron chi connectivity index (χ4n) is 3.55. The van der Waals surface area contributed by atoms with Gasteiger partial charge in [-0.3, -0.25) is 0 Å². The fourth-order valence-corrected chi connectivity index (χ4v) is 3.55. The van der Waals surface area contributed by atoms with Crippen molar-refractivity contribution in [2.75, 3.05) is 20.0 Å². The summed E-state index contributed by atoms with van der Waals surface area (Å²) in [6.07, 6.45) is 3.82. The van der Waals surface area contributed by atoms with E-state index in [0.717, 1.165) is 0 Å². The van der Waals surface area contributed by atoms with E-state index in [9.17, 15) is 4.79 Å². The number of carbonyl (C=O) groups is 1. The number of aromatic amines is 1. The van der Waals surface area contributed by atoms with Crippen molar-refractivity contribution < 1.29 is 23.7 Å². The largest absolute Gasteiger partial charge is 0.492 e. The molecule has 1 fully saturated rings. The molecule has 1 aromatic carbocycles. The van der Waals surface area contributed by atoms with Crippen LogP contribution in [-0.2, 0) is 4.74 Å². The Labute approximate surface area is 167 Å². The molecular formula is C21H21N3O5. The molecule has 0 radical (unpaired) electrons. The molecule has 1 aliphatic carbocycles. The van der Waals surface area contributed by atoms with Crippen LogP contribution in [0.25, 0.3) is 22.3 Å². The number of benzene rings is 1. The van der Waals surface area contributed by atoms with E-state index < -0.39 is 5.97 Å². The quantitative estimate of drug-likeness (QED) is 0.637. The second-order valence-corrected chi connectivity index (χ2v) is 7.22. The summed E-state index contributed by atoms with van der Waals surface area (Å²) < 4.78 is 22.6. The molecule has 0 unspecified atom stereocenters. The second-order valence-electron chi connectivity index (χ2n) is 7.22. The third-order valence-corrected chi connectivity index (χ3v) is 5.16. The van der Waals surface area contributed by atoms with Crippen molar-refractivity contribution >= 4 is 17.0 Å². The first-order chi connectivity index (χ1) is 14.2. The van der Waals surface area contributed by atoms with Crippen LogP contribution in [0.2, 0.25) is 0 Å². The van der Waals surface area contributed by atoms with Gasteiger partial charge in [-0.15, -0.1) is 0 Å². The molecule has 0 saturated heterocycles. The van der Waals surface area contributed by atoms with Gasteiger partial charge in [-0.1, -0.05) is 0 Å². The minimum atomic E-state index is -0.413. The van der Waals surface area contributed by atoms with E-state index in [4.69, 9.17) is 18.9 Å². The molecule has 150 valence electrons. The predicted molar refractivity (Wildman–Crippen MR) is 104 cm³/mol. The number of H-pyrrole nitrogens is 1. The van der Waals surface area contributed by atoms with Gasteiger partial charge < -0.3 is 23.9 Å². The molecule has 2 aromatic heterocycles. The van der Waals surface area contributed by atoms with Gasteiger partial charge in [-0.2, -0.15) is 0 Å². The highest BCUT2D eigenvalue weighted by atomic mass is 16.7. The van der Waals surface area contributed by atoms with Crippen molar-refractivity contribution in [1.82, 2.24) is 15.0 Å². The zero-order chi connectivity index (χ0) is 20.0. The summed E-state index contributed by atoms with van der Waals surface area (Å²) in [6.45, 7) is 4.67. The van der Waals surface area contributed by atoms with E-state index in [-0.39, 0.29) is 6.79 Å². The first-order valence-electron chi connectivity index (χ1n) is 9.73. The molecule has 2 aliphatic rings. The number of rotatable bonds is 6. The lowest BCUT2D eigenvalue weighted by atomic mass is 10.1. The predicted octanol–water partition coefficient (Wildman–Crippen LogP) is 3.63. The molecule has 8 heteroatoms. The maximum atomic E-state index is 12.5. The van der Waals surface area contributed by atoms with E-state index in [2.05, 4.69) is 15.0 Å². The first kappa shape index (κ1) is 17.8. The number of hydrogen-bond donors (Lipinski definition) is 1. The average Bonchev–Trinajstić information content (AvgIpc) is 3.30. The number of hydrogen-bond acceptors (Lipinski definition) is 7. The van der Waals surface area contributed by atoms with Gasteiger partial charge in [0.2, 0.25) is 6.79 Å². The number of nitrogens with one attached hydrogen (secondary N) is 1.